The van der Waals surface area contributed by atoms with E-state index in [0.717, 1.165) is 31.4 Å². The molecule has 0 aliphatic carbocycles. The van der Waals surface area contributed by atoms with Gasteiger partial charge in [0.05, 0.1) is 6.04 Å². The van der Waals surface area contributed by atoms with E-state index in [1.807, 2.05) is 12.1 Å². The van der Waals surface area contributed by atoms with Crippen LogP contribution < -0.4 is 11.1 Å². The second-order valence-electron chi connectivity index (χ2n) is 4.90. The van der Waals surface area contributed by atoms with Crippen molar-refractivity contribution in [1.29, 1.82) is 0 Å². The fourth-order valence-corrected chi connectivity index (χ4v) is 2.82. The van der Waals surface area contributed by atoms with Gasteiger partial charge in [0.1, 0.15) is 0 Å². The van der Waals surface area contributed by atoms with Crippen molar-refractivity contribution in [3.05, 3.63) is 30.1 Å². The predicted octanol–water partition coefficient (Wildman–Crippen LogP) is 0.682. The molecule has 2 rings (SSSR count). The minimum absolute atomic E-state index is 0.0690. The molecule has 1 aliphatic rings. The number of rotatable bonds is 4. The second kappa shape index (κ2) is 6.63. The summed E-state index contributed by atoms with van der Waals surface area (Å²) in [7, 11) is 1.69. The van der Waals surface area contributed by atoms with Gasteiger partial charge < -0.3 is 11.1 Å². The van der Waals surface area contributed by atoms with Crippen LogP contribution in [0.15, 0.2) is 24.5 Å². The van der Waals surface area contributed by atoms with Crippen LogP contribution in [0.5, 0.6) is 0 Å². The minimum Gasteiger partial charge on any atom is -0.358 e. The Hall–Kier alpha value is -1.46. The van der Waals surface area contributed by atoms with E-state index >= 15 is 0 Å². The lowest BCUT2D eigenvalue weighted by molar-refractivity contribution is -0.128. The lowest BCUT2D eigenvalue weighted by Gasteiger charge is -2.39. The summed E-state index contributed by atoms with van der Waals surface area (Å²) < 4.78 is 0. The quantitative estimate of drug-likeness (QED) is 0.837. The van der Waals surface area contributed by atoms with Gasteiger partial charge in [0.2, 0.25) is 5.91 Å². The summed E-state index contributed by atoms with van der Waals surface area (Å²) in [4.78, 5) is 18.3. The lowest BCUT2D eigenvalue weighted by Crippen LogP contribution is -2.51. The Morgan fingerprint density at radius 2 is 2.26 bits per heavy atom. The molecule has 2 unspecified atom stereocenters. The molecule has 5 nitrogen and oxygen atoms in total. The van der Waals surface area contributed by atoms with Crippen molar-refractivity contribution in [2.45, 2.75) is 31.3 Å². The van der Waals surface area contributed by atoms with Crippen molar-refractivity contribution in [3.8, 4) is 0 Å². The van der Waals surface area contributed by atoms with Crippen LogP contribution in [0.1, 0.15) is 30.9 Å². The Labute approximate surface area is 114 Å². The molecule has 19 heavy (non-hydrogen) atoms. The average Bonchev–Trinajstić information content (AvgIpc) is 2.49. The van der Waals surface area contributed by atoms with Crippen LogP contribution in [0, 0.1) is 0 Å². The molecule has 1 fully saturated rings. The van der Waals surface area contributed by atoms with Crippen LogP contribution in [-0.4, -0.2) is 42.0 Å². The highest BCUT2D eigenvalue weighted by molar-refractivity contribution is 5.81. The molecule has 0 spiro atoms. The Bertz CT molecular complexity index is 409. The van der Waals surface area contributed by atoms with Gasteiger partial charge >= 0.3 is 0 Å². The van der Waals surface area contributed by atoms with Crippen molar-refractivity contribution in [2.75, 3.05) is 20.1 Å². The van der Waals surface area contributed by atoms with E-state index in [2.05, 4.69) is 15.2 Å². The number of hydrogen-bond acceptors (Lipinski definition) is 4. The summed E-state index contributed by atoms with van der Waals surface area (Å²) >= 11 is 0. The molecule has 2 atom stereocenters. The summed E-state index contributed by atoms with van der Waals surface area (Å²) in [5.74, 6) is 0.0900. The molecule has 0 saturated carbocycles. The number of carbonyl (C=O) groups excluding carboxylic acids is 1. The Kier molecular flexibility index (Phi) is 4.87. The SMILES string of the molecule is CNC(=O)C1CCCCN1C(CN)c1ccncc1. The number of aromatic nitrogens is 1. The van der Waals surface area contributed by atoms with Gasteiger partial charge in [-0.05, 0) is 37.1 Å². The number of piperidine rings is 1. The van der Waals surface area contributed by atoms with E-state index in [-0.39, 0.29) is 18.0 Å². The Balaban J connectivity index is 2.22. The van der Waals surface area contributed by atoms with E-state index in [9.17, 15) is 4.79 Å². The summed E-state index contributed by atoms with van der Waals surface area (Å²) in [6, 6.07) is 3.98. The maximum absolute atomic E-state index is 12.0. The number of amides is 1. The second-order valence-corrected chi connectivity index (χ2v) is 4.90. The topological polar surface area (TPSA) is 71.2 Å². The van der Waals surface area contributed by atoms with Crippen LogP contribution in [0.2, 0.25) is 0 Å². The molecule has 0 aromatic carbocycles. The van der Waals surface area contributed by atoms with Crippen LogP contribution in [0.25, 0.3) is 0 Å². The van der Waals surface area contributed by atoms with E-state index in [4.69, 9.17) is 5.73 Å². The van der Waals surface area contributed by atoms with Crippen molar-refractivity contribution in [3.63, 3.8) is 0 Å². The molecule has 3 N–H and O–H groups in total. The summed E-state index contributed by atoms with van der Waals surface area (Å²) in [6.07, 6.45) is 6.67. The first-order chi connectivity index (χ1) is 9.27. The molecular formula is C14H22N4O. The number of nitrogens with two attached hydrogens (primary N) is 1. The predicted molar refractivity (Wildman–Crippen MR) is 74.4 cm³/mol. The standard InChI is InChI=1S/C14H22N4O/c1-16-14(19)12-4-2-3-9-18(12)13(10-15)11-5-7-17-8-6-11/h5-8,12-13H,2-4,9-10,15H2,1H3,(H,16,19). The van der Waals surface area contributed by atoms with Crippen molar-refractivity contribution >= 4 is 5.91 Å². The van der Waals surface area contributed by atoms with Crippen LogP contribution in [0.4, 0.5) is 0 Å². The molecule has 1 aliphatic heterocycles. The van der Waals surface area contributed by atoms with Gasteiger partial charge in [0.15, 0.2) is 0 Å². The molecule has 0 radical (unpaired) electrons. The van der Waals surface area contributed by atoms with Gasteiger partial charge in [-0.1, -0.05) is 6.42 Å². The minimum atomic E-state index is -0.0690. The summed E-state index contributed by atoms with van der Waals surface area (Å²) in [6.45, 7) is 1.43. The van der Waals surface area contributed by atoms with Crippen LogP contribution in [0.3, 0.4) is 0 Å². The first-order valence-corrected chi connectivity index (χ1v) is 6.85. The third-order valence-electron chi connectivity index (χ3n) is 3.81. The van der Waals surface area contributed by atoms with Crippen LogP contribution in [-0.2, 0) is 4.79 Å². The van der Waals surface area contributed by atoms with Crippen molar-refractivity contribution < 1.29 is 4.79 Å². The van der Waals surface area contributed by atoms with Gasteiger partial charge in [-0.15, -0.1) is 0 Å². The number of carbonyl (C=O) groups is 1. The molecule has 2 heterocycles. The number of nitrogens with one attached hydrogen (secondary N) is 1. The molecule has 1 amide bonds. The molecule has 1 saturated heterocycles. The van der Waals surface area contributed by atoms with E-state index in [0.29, 0.717) is 6.54 Å². The highest BCUT2D eigenvalue weighted by Crippen LogP contribution is 2.27. The molecule has 1 aromatic rings. The molecule has 1 aromatic heterocycles. The zero-order chi connectivity index (χ0) is 13.7. The maximum atomic E-state index is 12.0. The van der Waals surface area contributed by atoms with Crippen molar-refractivity contribution in [1.82, 2.24) is 15.2 Å². The summed E-state index contributed by atoms with van der Waals surface area (Å²) in [5.41, 5.74) is 7.08. The molecule has 5 heteroatoms. The highest BCUT2D eigenvalue weighted by atomic mass is 16.2. The molecule has 104 valence electrons. The van der Waals surface area contributed by atoms with Gasteiger partial charge in [0, 0.05) is 32.0 Å². The number of hydrogen-bond donors (Lipinski definition) is 2. The van der Waals surface area contributed by atoms with Gasteiger partial charge in [-0.25, -0.2) is 0 Å². The first kappa shape index (κ1) is 14.0. The lowest BCUT2D eigenvalue weighted by atomic mass is 9.96. The fourth-order valence-electron chi connectivity index (χ4n) is 2.82. The first-order valence-electron chi connectivity index (χ1n) is 6.85. The third kappa shape index (κ3) is 3.11. The maximum Gasteiger partial charge on any atom is 0.237 e. The smallest absolute Gasteiger partial charge is 0.237 e. The molecule has 0 bridgehead atoms. The molecular weight excluding hydrogens is 240 g/mol. The number of likely N-dealkylation sites (N-methyl/N-ethyl adjacent to an activating group) is 1. The average molecular weight is 262 g/mol. The monoisotopic (exact) mass is 262 g/mol. The fraction of sp³-hybridized carbons (Fsp3) is 0.571. The van der Waals surface area contributed by atoms with Crippen molar-refractivity contribution in [2.24, 2.45) is 5.73 Å². The highest BCUT2D eigenvalue weighted by Gasteiger charge is 2.33. The number of pyridine rings is 1. The van der Waals surface area contributed by atoms with E-state index < -0.39 is 0 Å². The zero-order valence-corrected chi connectivity index (χ0v) is 11.4. The Morgan fingerprint density at radius 1 is 1.53 bits per heavy atom. The van der Waals surface area contributed by atoms with E-state index in [1.54, 1.807) is 19.4 Å². The van der Waals surface area contributed by atoms with Gasteiger partial charge in [-0.3, -0.25) is 14.7 Å². The summed E-state index contributed by atoms with van der Waals surface area (Å²) in [5, 5.41) is 2.76. The zero-order valence-electron chi connectivity index (χ0n) is 11.4. The number of nitrogens with zero attached hydrogens (tertiary/aromatic N) is 2. The third-order valence-corrected chi connectivity index (χ3v) is 3.81. The van der Waals surface area contributed by atoms with Gasteiger partial charge in [-0.2, -0.15) is 0 Å². The van der Waals surface area contributed by atoms with Gasteiger partial charge in [0.25, 0.3) is 0 Å². The van der Waals surface area contributed by atoms with E-state index in [1.165, 1.54) is 0 Å². The number of likely N-dealkylation sites (tertiary alicyclic amines) is 1. The van der Waals surface area contributed by atoms with Crippen LogP contribution >= 0.6 is 0 Å². The normalized spacial score (nSPS) is 21.9. The largest absolute Gasteiger partial charge is 0.358 e. The Morgan fingerprint density at radius 3 is 2.89 bits per heavy atom.